The first-order valence-corrected chi connectivity index (χ1v) is 9.63. The molecule has 0 fully saturated rings. The van der Waals surface area contributed by atoms with E-state index in [-0.39, 0.29) is 7.92 Å². The van der Waals surface area contributed by atoms with Crippen molar-refractivity contribution in [3.63, 3.8) is 0 Å². The second-order valence-electron chi connectivity index (χ2n) is 6.71. The molecule has 1 unspecified atom stereocenters. The van der Waals surface area contributed by atoms with E-state index < -0.39 is 0 Å². The van der Waals surface area contributed by atoms with Gasteiger partial charge in [-0.3, -0.25) is 0 Å². The zero-order chi connectivity index (χ0) is 15.3. The molecule has 0 radical (unpaired) electrons. The lowest BCUT2D eigenvalue weighted by Crippen LogP contribution is -2.23. The lowest BCUT2D eigenvalue weighted by Gasteiger charge is -2.30. The van der Waals surface area contributed by atoms with Gasteiger partial charge < -0.3 is 4.42 Å². The van der Waals surface area contributed by atoms with Gasteiger partial charge in [-0.1, -0.05) is 32.9 Å². The van der Waals surface area contributed by atoms with Gasteiger partial charge in [0.15, 0.2) is 0 Å². The number of rotatable bonds is 4. The fourth-order valence-electron chi connectivity index (χ4n) is 2.39. The van der Waals surface area contributed by atoms with Crippen molar-refractivity contribution >= 4 is 20.1 Å². The van der Waals surface area contributed by atoms with Gasteiger partial charge in [-0.25, -0.2) is 0 Å². The van der Waals surface area contributed by atoms with Gasteiger partial charge in [-0.2, -0.15) is 0 Å². The molecule has 0 amide bonds. The highest BCUT2D eigenvalue weighted by Gasteiger charge is 2.23. The normalized spacial score (nSPS) is 17.1. The molecule has 112 valence electrons. The summed E-state index contributed by atoms with van der Waals surface area (Å²) in [5.74, 6) is 0. The SMILES string of the molecule is C/C=c1/cco/c1=C/C(=C\C)C(CC(C)(C)C)P(C)C. The molecule has 0 aliphatic rings. The fourth-order valence-corrected chi connectivity index (χ4v) is 4.12. The maximum Gasteiger partial charge on any atom is 0.133 e. The van der Waals surface area contributed by atoms with E-state index in [0.717, 1.165) is 5.42 Å². The Labute approximate surface area is 125 Å². The molecular weight excluding hydrogens is 263 g/mol. The van der Waals surface area contributed by atoms with Gasteiger partial charge in [-0.15, -0.1) is 7.92 Å². The van der Waals surface area contributed by atoms with Crippen molar-refractivity contribution in [2.45, 2.75) is 46.7 Å². The first-order chi connectivity index (χ1) is 9.28. The lowest BCUT2D eigenvalue weighted by atomic mass is 9.88. The topological polar surface area (TPSA) is 13.1 Å². The third-order valence-corrected chi connectivity index (χ3v) is 5.21. The monoisotopic (exact) mass is 292 g/mol. The van der Waals surface area contributed by atoms with E-state index in [2.05, 4.69) is 66.2 Å². The second kappa shape index (κ2) is 7.27. The van der Waals surface area contributed by atoms with E-state index in [1.165, 1.54) is 17.2 Å². The van der Waals surface area contributed by atoms with Gasteiger partial charge >= 0.3 is 0 Å². The molecule has 0 aliphatic heterocycles. The molecule has 1 heterocycles. The Morgan fingerprint density at radius 2 is 1.95 bits per heavy atom. The standard InChI is InChI=1S/C18H29OP/c1-8-14-10-11-19-16(14)12-15(9-2)17(20(6)7)13-18(3,4)5/h8-12,17H,13H2,1-7H3/b14-8-,15-9+,16-12+. The molecule has 2 heteroatoms. The predicted octanol–water partition coefficient (Wildman–Crippen LogP) is 4.35. The molecule has 20 heavy (non-hydrogen) atoms. The summed E-state index contributed by atoms with van der Waals surface area (Å²) in [5, 5.41) is 1.18. The number of hydrogen-bond acceptors (Lipinski definition) is 1. The minimum Gasteiger partial charge on any atom is -0.464 e. The van der Waals surface area contributed by atoms with Gasteiger partial charge in [0, 0.05) is 10.9 Å². The molecule has 0 saturated carbocycles. The Hall–Kier alpha value is -0.810. The van der Waals surface area contributed by atoms with Gasteiger partial charge in [-0.05, 0) is 56.7 Å². The summed E-state index contributed by atoms with van der Waals surface area (Å²) < 4.78 is 5.63. The number of furan rings is 1. The summed E-state index contributed by atoms with van der Waals surface area (Å²) in [6.45, 7) is 15.9. The minimum atomic E-state index is -0.0205. The van der Waals surface area contributed by atoms with Crippen LogP contribution < -0.4 is 10.6 Å². The van der Waals surface area contributed by atoms with Crippen LogP contribution in [0.15, 0.2) is 28.4 Å². The van der Waals surface area contributed by atoms with Crippen LogP contribution in [0.2, 0.25) is 0 Å². The maximum atomic E-state index is 5.63. The van der Waals surface area contributed by atoms with E-state index >= 15 is 0 Å². The fraction of sp³-hybridized carbons (Fsp3) is 0.556. The molecule has 1 atom stereocenters. The van der Waals surface area contributed by atoms with E-state index in [9.17, 15) is 0 Å². The molecule has 1 rings (SSSR count). The van der Waals surface area contributed by atoms with Crippen molar-refractivity contribution in [1.29, 1.82) is 0 Å². The van der Waals surface area contributed by atoms with Crippen LogP contribution in [0.3, 0.4) is 0 Å². The van der Waals surface area contributed by atoms with Crippen LogP contribution in [-0.2, 0) is 0 Å². The zero-order valence-electron chi connectivity index (χ0n) is 14.0. The molecule has 1 aromatic rings. The molecule has 1 aromatic heterocycles. The summed E-state index contributed by atoms with van der Waals surface area (Å²) >= 11 is 0. The van der Waals surface area contributed by atoms with Crippen LogP contribution in [0.25, 0.3) is 12.2 Å². The highest BCUT2D eigenvalue weighted by molar-refractivity contribution is 7.57. The van der Waals surface area contributed by atoms with Crippen LogP contribution in [0, 0.1) is 5.41 Å². The van der Waals surface area contributed by atoms with Crippen LogP contribution in [0.4, 0.5) is 0 Å². The molecular formula is C18H29OP. The third-order valence-electron chi connectivity index (χ3n) is 3.48. The molecule has 0 aliphatic carbocycles. The van der Waals surface area contributed by atoms with E-state index in [1.807, 2.05) is 6.07 Å². The van der Waals surface area contributed by atoms with Gasteiger partial charge in [0.05, 0.1) is 6.26 Å². The Morgan fingerprint density at radius 1 is 1.30 bits per heavy atom. The molecule has 0 aromatic carbocycles. The highest BCUT2D eigenvalue weighted by Crippen LogP contribution is 2.43. The zero-order valence-corrected chi connectivity index (χ0v) is 14.9. The van der Waals surface area contributed by atoms with Crippen molar-refractivity contribution in [2.24, 2.45) is 5.41 Å². The van der Waals surface area contributed by atoms with Crippen LogP contribution in [0.5, 0.6) is 0 Å². The summed E-state index contributed by atoms with van der Waals surface area (Å²) in [4.78, 5) is 0. The Bertz CT molecular complexity index is 555. The van der Waals surface area contributed by atoms with Crippen molar-refractivity contribution in [3.05, 3.63) is 34.6 Å². The molecule has 0 spiro atoms. The second-order valence-corrected chi connectivity index (χ2v) is 9.26. The van der Waals surface area contributed by atoms with E-state index in [4.69, 9.17) is 4.42 Å². The van der Waals surface area contributed by atoms with Crippen molar-refractivity contribution in [1.82, 2.24) is 0 Å². The quantitative estimate of drug-likeness (QED) is 0.752. The molecule has 0 bridgehead atoms. The van der Waals surface area contributed by atoms with Gasteiger partial charge in [0.25, 0.3) is 0 Å². The number of allylic oxidation sites excluding steroid dienone is 2. The summed E-state index contributed by atoms with van der Waals surface area (Å²) in [6.07, 6.45) is 9.57. The smallest absolute Gasteiger partial charge is 0.133 e. The van der Waals surface area contributed by atoms with Crippen LogP contribution in [0.1, 0.15) is 41.0 Å². The average Bonchev–Trinajstić information content (AvgIpc) is 2.79. The third kappa shape index (κ3) is 4.94. The largest absolute Gasteiger partial charge is 0.464 e. The minimum absolute atomic E-state index is 0.0205. The van der Waals surface area contributed by atoms with E-state index in [0.29, 0.717) is 11.1 Å². The Balaban J connectivity index is 3.21. The molecule has 0 N–H and O–H groups in total. The predicted molar refractivity (Wildman–Crippen MR) is 92.9 cm³/mol. The summed E-state index contributed by atoms with van der Waals surface area (Å²) in [7, 11) is -0.0205. The molecule has 0 saturated heterocycles. The van der Waals surface area contributed by atoms with Crippen molar-refractivity contribution in [2.75, 3.05) is 13.3 Å². The van der Waals surface area contributed by atoms with Crippen molar-refractivity contribution < 1.29 is 4.42 Å². The van der Waals surface area contributed by atoms with Crippen LogP contribution in [-0.4, -0.2) is 19.0 Å². The van der Waals surface area contributed by atoms with E-state index in [1.54, 1.807) is 6.26 Å². The average molecular weight is 292 g/mol. The Kier molecular flexibility index (Phi) is 6.27. The van der Waals surface area contributed by atoms with Crippen LogP contribution >= 0.6 is 7.92 Å². The molecule has 1 nitrogen and oxygen atoms in total. The Morgan fingerprint density at radius 3 is 2.40 bits per heavy atom. The maximum absolute atomic E-state index is 5.63. The first-order valence-electron chi connectivity index (χ1n) is 7.32. The summed E-state index contributed by atoms with van der Waals surface area (Å²) in [6, 6.07) is 2.03. The summed E-state index contributed by atoms with van der Waals surface area (Å²) in [5.41, 5.74) is 3.37. The first kappa shape index (κ1) is 17.2. The van der Waals surface area contributed by atoms with Gasteiger partial charge in [0.2, 0.25) is 0 Å². The van der Waals surface area contributed by atoms with Gasteiger partial charge in [0.1, 0.15) is 5.42 Å². The number of hydrogen-bond donors (Lipinski definition) is 0. The van der Waals surface area contributed by atoms with Crippen molar-refractivity contribution in [3.8, 4) is 0 Å². The highest BCUT2D eigenvalue weighted by atomic mass is 31.1. The lowest BCUT2D eigenvalue weighted by molar-refractivity contribution is 0.382.